The molecule has 130 valence electrons. The van der Waals surface area contributed by atoms with Crippen LogP contribution in [0.3, 0.4) is 0 Å². The average Bonchev–Trinajstić information content (AvgIpc) is 2.48. The smallest absolute Gasteiger partial charge is 0.507 e. The zero-order valence-corrected chi connectivity index (χ0v) is 13.3. The fourth-order valence-electron chi connectivity index (χ4n) is 1.73. The Morgan fingerprint density at radius 3 is 2.04 bits per heavy atom. The molecule has 0 aliphatic carbocycles. The number of hydrogen-bond acceptors (Lipinski definition) is 5. The van der Waals surface area contributed by atoms with E-state index >= 15 is 0 Å². The molecule has 2 aromatic rings. The van der Waals surface area contributed by atoms with Gasteiger partial charge in [-0.05, 0) is 30.3 Å². The molecule has 0 heterocycles. The Hall–Kier alpha value is -2.27. The first kappa shape index (κ1) is 18.1. The van der Waals surface area contributed by atoms with Gasteiger partial charge in [-0.25, -0.2) is 8.42 Å². The van der Waals surface area contributed by atoms with E-state index in [0.717, 1.165) is 12.1 Å². The molecule has 0 fully saturated rings. The number of nitrogens with one attached hydrogen (secondary N) is 1. The lowest BCUT2D eigenvalue weighted by molar-refractivity contribution is -0.0429. The highest BCUT2D eigenvalue weighted by atomic mass is 32.2. The van der Waals surface area contributed by atoms with Crippen LogP contribution >= 0.6 is 0 Å². The summed E-state index contributed by atoms with van der Waals surface area (Å²) in [6.45, 7) is 0. The number of sulfone groups is 1. The Morgan fingerprint density at radius 1 is 0.917 bits per heavy atom. The Kier molecular flexibility index (Phi) is 4.50. The minimum Gasteiger partial charge on any atom is -0.507 e. The minimum absolute atomic E-state index is 0.212. The van der Waals surface area contributed by atoms with Crippen molar-refractivity contribution in [1.29, 1.82) is 0 Å². The van der Waals surface area contributed by atoms with Crippen LogP contribution in [0.1, 0.15) is 0 Å². The van der Waals surface area contributed by atoms with Crippen molar-refractivity contribution in [3.05, 3.63) is 48.5 Å². The number of rotatable bonds is 4. The van der Waals surface area contributed by atoms with Gasteiger partial charge in [0.25, 0.3) is 0 Å². The molecule has 2 aromatic carbocycles. The van der Waals surface area contributed by atoms with Gasteiger partial charge in [-0.2, -0.15) is 21.6 Å². The van der Waals surface area contributed by atoms with E-state index in [4.69, 9.17) is 0 Å². The average molecular weight is 381 g/mol. The molecule has 0 radical (unpaired) electrons. The van der Waals surface area contributed by atoms with Gasteiger partial charge in [0.1, 0.15) is 10.6 Å². The molecule has 6 nitrogen and oxygen atoms in total. The van der Waals surface area contributed by atoms with Gasteiger partial charge in [0.15, 0.2) is 0 Å². The van der Waals surface area contributed by atoms with Crippen LogP contribution in [0, 0.1) is 0 Å². The summed E-state index contributed by atoms with van der Waals surface area (Å²) in [7, 11) is -9.97. The molecule has 0 bridgehead atoms. The number of sulfonamides is 1. The van der Waals surface area contributed by atoms with Gasteiger partial charge >= 0.3 is 15.5 Å². The largest absolute Gasteiger partial charge is 0.516 e. The zero-order chi connectivity index (χ0) is 18.2. The summed E-state index contributed by atoms with van der Waals surface area (Å²) in [4.78, 5) is -0.938. The van der Waals surface area contributed by atoms with E-state index in [2.05, 4.69) is 0 Å². The summed E-state index contributed by atoms with van der Waals surface area (Å²) in [6.07, 6.45) is 0. The van der Waals surface area contributed by atoms with Crippen molar-refractivity contribution in [2.75, 3.05) is 4.72 Å². The molecule has 24 heavy (non-hydrogen) atoms. The highest BCUT2D eigenvalue weighted by Gasteiger charge is 2.46. The highest BCUT2D eigenvalue weighted by molar-refractivity contribution is 7.93. The Morgan fingerprint density at radius 2 is 1.50 bits per heavy atom. The SMILES string of the molecule is O=S(=O)(c1ccccc1)c1cc(NS(=O)(=O)C(F)(F)F)ccc1O. The lowest BCUT2D eigenvalue weighted by Gasteiger charge is -2.12. The van der Waals surface area contributed by atoms with E-state index in [0.29, 0.717) is 6.07 Å². The third-order valence-electron chi connectivity index (χ3n) is 2.86. The van der Waals surface area contributed by atoms with E-state index in [9.17, 15) is 35.1 Å². The molecule has 0 saturated carbocycles. The van der Waals surface area contributed by atoms with Crippen LogP contribution in [0.15, 0.2) is 58.3 Å². The first-order valence-corrected chi connectivity index (χ1v) is 9.14. The van der Waals surface area contributed by atoms with Gasteiger partial charge in [0, 0.05) is 0 Å². The Labute approximate surface area is 135 Å². The molecule has 0 spiro atoms. The van der Waals surface area contributed by atoms with Crippen LogP contribution in [0.25, 0.3) is 0 Å². The first-order valence-electron chi connectivity index (χ1n) is 6.17. The summed E-state index contributed by atoms with van der Waals surface area (Å²) in [6, 6.07) is 9.03. The van der Waals surface area contributed by atoms with Crippen molar-refractivity contribution in [3.63, 3.8) is 0 Å². The van der Waals surface area contributed by atoms with E-state index in [1.54, 1.807) is 6.07 Å². The maximum Gasteiger partial charge on any atom is 0.516 e. The number of hydrogen-bond donors (Lipinski definition) is 2. The highest BCUT2D eigenvalue weighted by Crippen LogP contribution is 2.32. The standard InChI is InChI=1S/C13H10F3NO5S2/c14-13(15,16)24(21,22)17-9-6-7-11(18)12(8-9)23(19,20)10-4-2-1-3-5-10/h1-8,17-18H. The molecular weight excluding hydrogens is 371 g/mol. The van der Waals surface area contributed by atoms with Crippen molar-refractivity contribution < 1.29 is 35.1 Å². The van der Waals surface area contributed by atoms with E-state index in [1.807, 2.05) is 0 Å². The quantitative estimate of drug-likeness (QED) is 0.793. The molecule has 0 unspecified atom stereocenters. The second-order valence-electron chi connectivity index (χ2n) is 4.55. The summed E-state index contributed by atoms with van der Waals surface area (Å²) in [5.74, 6) is -0.728. The third kappa shape index (κ3) is 3.46. The molecule has 0 aliphatic heterocycles. The monoisotopic (exact) mass is 381 g/mol. The molecule has 2 rings (SSSR count). The fourth-order valence-corrected chi connectivity index (χ4v) is 3.68. The van der Waals surface area contributed by atoms with Gasteiger partial charge in [-0.15, -0.1) is 0 Å². The predicted molar refractivity (Wildman–Crippen MR) is 78.6 cm³/mol. The fraction of sp³-hybridized carbons (Fsp3) is 0.0769. The van der Waals surface area contributed by atoms with Crippen molar-refractivity contribution in [3.8, 4) is 5.75 Å². The molecule has 0 amide bonds. The maximum absolute atomic E-state index is 12.4. The summed E-state index contributed by atoms with van der Waals surface area (Å²) >= 11 is 0. The Balaban J connectivity index is 2.51. The van der Waals surface area contributed by atoms with Crippen molar-refractivity contribution in [2.24, 2.45) is 0 Å². The van der Waals surface area contributed by atoms with Gasteiger partial charge < -0.3 is 5.11 Å². The number of benzene rings is 2. The summed E-state index contributed by atoms with van der Waals surface area (Å²) in [5, 5.41) is 9.71. The van der Waals surface area contributed by atoms with Gasteiger partial charge in [0.05, 0.1) is 10.6 Å². The van der Waals surface area contributed by atoms with Gasteiger partial charge in [-0.3, -0.25) is 4.72 Å². The Bertz CT molecular complexity index is 955. The van der Waals surface area contributed by atoms with Crippen LogP contribution in [-0.2, 0) is 19.9 Å². The predicted octanol–water partition coefficient (Wildman–Crippen LogP) is 2.49. The zero-order valence-electron chi connectivity index (χ0n) is 11.6. The van der Waals surface area contributed by atoms with Crippen molar-refractivity contribution in [1.82, 2.24) is 0 Å². The third-order valence-corrected chi connectivity index (χ3v) is 5.77. The van der Waals surface area contributed by atoms with E-state index in [-0.39, 0.29) is 4.90 Å². The van der Waals surface area contributed by atoms with Crippen LogP contribution in [-0.4, -0.2) is 27.5 Å². The number of halogens is 3. The van der Waals surface area contributed by atoms with E-state index in [1.165, 1.54) is 29.0 Å². The number of phenols is 1. The molecule has 0 aromatic heterocycles. The van der Waals surface area contributed by atoms with E-state index < -0.39 is 41.7 Å². The van der Waals surface area contributed by atoms with Crippen molar-refractivity contribution in [2.45, 2.75) is 15.3 Å². The van der Waals surface area contributed by atoms with Crippen LogP contribution in [0.4, 0.5) is 18.9 Å². The molecular formula is C13H10F3NO5S2. The molecule has 11 heteroatoms. The van der Waals surface area contributed by atoms with Gasteiger partial charge in [0.2, 0.25) is 9.84 Å². The number of alkyl halides is 3. The summed E-state index contributed by atoms with van der Waals surface area (Å²) < 4.78 is 85.4. The van der Waals surface area contributed by atoms with Gasteiger partial charge in [-0.1, -0.05) is 18.2 Å². The summed E-state index contributed by atoms with van der Waals surface area (Å²) in [5.41, 5.74) is -6.22. The number of anilines is 1. The van der Waals surface area contributed by atoms with Crippen LogP contribution in [0.2, 0.25) is 0 Å². The number of phenolic OH excluding ortho intramolecular Hbond substituents is 1. The lowest BCUT2D eigenvalue weighted by Crippen LogP contribution is -2.29. The second-order valence-corrected chi connectivity index (χ2v) is 8.14. The lowest BCUT2D eigenvalue weighted by atomic mass is 10.3. The molecule has 2 N–H and O–H groups in total. The minimum atomic E-state index is -5.72. The second kappa shape index (κ2) is 5.98. The topological polar surface area (TPSA) is 101 Å². The van der Waals surface area contributed by atoms with Crippen LogP contribution in [0.5, 0.6) is 5.75 Å². The molecule has 0 atom stereocenters. The number of aromatic hydroxyl groups is 1. The maximum atomic E-state index is 12.4. The molecule has 0 saturated heterocycles. The van der Waals surface area contributed by atoms with Crippen LogP contribution < -0.4 is 4.72 Å². The normalized spacial score (nSPS) is 12.8. The van der Waals surface area contributed by atoms with Crippen molar-refractivity contribution >= 4 is 25.5 Å². The first-order chi connectivity index (χ1) is 10.9. The molecule has 0 aliphatic rings.